The molecule has 1 aromatic heterocycles. The first kappa shape index (κ1) is 20.7. The first-order chi connectivity index (χ1) is 15.6. The third-order valence-corrected chi connectivity index (χ3v) is 5.02. The van der Waals surface area contributed by atoms with E-state index >= 15 is 0 Å². The Kier molecular flexibility index (Phi) is 5.86. The number of aromatic nitrogens is 1. The van der Waals surface area contributed by atoms with E-state index in [1.54, 1.807) is 49.6 Å². The Morgan fingerprint density at radius 3 is 2.53 bits per heavy atom. The Balaban J connectivity index is 1.74. The zero-order valence-electron chi connectivity index (χ0n) is 17.4. The molecule has 0 aliphatic heterocycles. The zero-order chi connectivity index (χ0) is 22.5. The van der Waals surface area contributed by atoms with Crippen LogP contribution in [0.2, 0.25) is 0 Å². The highest BCUT2D eigenvalue weighted by molar-refractivity contribution is 6.07. The highest BCUT2D eigenvalue weighted by atomic mass is 16.5. The predicted octanol–water partition coefficient (Wildman–Crippen LogP) is 4.56. The number of nitrogens with two attached hydrogens (primary N) is 1. The number of methoxy groups -OCH3 is 1. The molecule has 0 atom stereocenters. The van der Waals surface area contributed by atoms with Crippen LogP contribution in [0.25, 0.3) is 10.9 Å². The van der Waals surface area contributed by atoms with Gasteiger partial charge in [-0.15, -0.1) is 0 Å². The van der Waals surface area contributed by atoms with Crippen LogP contribution in [0.5, 0.6) is 5.75 Å². The molecular formula is C25H21N5O2. The van der Waals surface area contributed by atoms with Crippen molar-refractivity contribution in [2.45, 2.75) is 6.54 Å². The summed E-state index contributed by atoms with van der Waals surface area (Å²) in [5.74, 6) is 0.453. The molecule has 32 heavy (non-hydrogen) atoms. The molecule has 0 spiro atoms. The van der Waals surface area contributed by atoms with Crippen LogP contribution < -0.4 is 21.1 Å². The van der Waals surface area contributed by atoms with Gasteiger partial charge < -0.3 is 21.1 Å². The number of fused-ring (bicyclic) bond motifs is 1. The van der Waals surface area contributed by atoms with Crippen molar-refractivity contribution in [3.8, 4) is 11.8 Å². The summed E-state index contributed by atoms with van der Waals surface area (Å²) >= 11 is 0. The number of amides is 1. The van der Waals surface area contributed by atoms with Gasteiger partial charge in [0, 0.05) is 23.2 Å². The molecular weight excluding hydrogens is 402 g/mol. The molecule has 4 N–H and O–H groups in total. The van der Waals surface area contributed by atoms with E-state index in [-0.39, 0.29) is 17.3 Å². The molecule has 1 amide bonds. The van der Waals surface area contributed by atoms with Crippen LogP contribution in [0, 0.1) is 11.3 Å². The first-order valence-corrected chi connectivity index (χ1v) is 9.95. The van der Waals surface area contributed by atoms with E-state index in [9.17, 15) is 10.1 Å². The number of ether oxygens (including phenoxy) is 1. The van der Waals surface area contributed by atoms with Crippen molar-refractivity contribution in [2.75, 3.05) is 23.5 Å². The van der Waals surface area contributed by atoms with E-state index in [2.05, 4.69) is 21.7 Å². The number of rotatable bonds is 6. The topological polar surface area (TPSA) is 113 Å². The highest BCUT2D eigenvalue weighted by Crippen LogP contribution is 2.33. The van der Waals surface area contributed by atoms with Gasteiger partial charge in [-0.3, -0.25) is 4.79 Å². The number of nitrogens with one attached hydrogen (secondary N) is 2. The normalized spacial score (nSPS) is 10.4. The molecule has 0 aliphatic rings. The molecule has 7 heteroatoms. The van der Waals surface area contributed by atoms with Gasteiger partial charge in [-0.1, -0.05) is 30.3 Å². The summed E-state index contributed by atoms with van der Waals surface area (Å²) in [5.41, 5.74) is 9.44. The van der Waals surface area contributed by atoms with E-state index in [1.807, 2.05) is 30.3 Å². The largest absolute Gasteiger partial charge is 0.497 e. The Morgan fingerprint density at radius 1 is 1.09 bits per heavy atom. The van der Waals surface area contributed by atoms with Crippen molar-refractivity contribution >= 4 is 34.0 Å². The van der Waals surface area contributed by atoms with Crippen molar-refractivity contribution in [1.82, 2.24) is 4.98 Å². The minimum absolute atomic E-state index is 0.182. The maximum absolute atomic E-state index is 12.8. The second-order valence-electron chi connectivity index (χ2n) is 7.12. The van der Waals surface area contributed by atoms with Gasteiger partial charge in [-0.2, -0.15) is 5.26 Å². The van der Waals surface area contributed by atoms with Gasteiger partial charge >= 0.3 is 0 Å². The molecule has 0 aliphatic carbocycles. The molecule has 3 aromatic carbocycles. The van der Waals surface area contributed by atoms with Crippen LogP contribution in [0.15, 0.2) is 72.8 Å². The second kappa shape index (κ2) is 9.06. The fourth-order valence-electron chi connectivity index (χ4n) is 3.37. The smallest absolute Gasteiger partial charge is 0.256 e. The van der Waals surface area contributed by atoms with Crippen LogP contribution in [0.1, 0.15) is 21.5 Å². The summed E-state index contributed by atoms with van der Waals surface area (Å²) < 4.78 is 5.14. The Bertz CT molecular complexity index is 1310. The van der Waals surface area contributed by atoms with Gasteiger partial charge in [0.2, 0.25) is 0 Å². The molecule has 4 rings (SSSR count). The second-order valence-corrected chi connectivity index (χ2v) is 7.12. The molecule has 0 fully saturated rings. The maximum Gasteiger partial charge on any atom is 0.256 e. The molecule has 0 bridgehead atoms. The molecule has 0 unspecified atom stereocenters. The van der Waals surface area contributed by atoms with Crippen LogP contribution in [0.4, 0.5) is 17.2 Å². The van der Waals surface area contributed by atoms with Crippen LogP contribution >= 0.6 is 0 Å². The van der Waals surface area contributed by atoms with Crippen molar-refractivity contribution in [3.05, 3.63) is 89.5 Å². The van der Waals surface area contributed by atoms with Gasteiger partial charge in [0.1, 0.15) is 17.4 Å². The summed E-state index contributed by atoms with van der Waals surface area (Å²) in [5, 5.41) is 16.8. The van der Waals surface area contributed by atoms with E-state index in [1.165, 1.54) is 0 Å². The Morgan fingerprint density at radius 2 is 1.84 bits per heavy atom. The molecule has 158 valence electrons. The number of nitriles is 1. The lowest BCUT2D eigenvalue weighted by Crippen LogP contribution is -2.15. The molecule has 0 radical (unpaired) electrons. The van der Waals surface area contributed by atoms with Crippen LogP contribution in [-0.2, 0) is 6.54 Å². The fourth-order valence-corrected chi connectivity index (χ4v) is 3.37. The summed E-state index contributed by atoms with van der Waals surface area (Å²) in [6, 6.07) is 24.0. The first-order valence-electron chi connectivity index (χ1n) is 9.95. The minimum atomic E-state index is -0.375. The lowest BCUT2D eigenvalue weighted by atomic mass is 10.1. The molecule has 0 saturated carbocycles. The number of carbonyl (C=O) groups excluding carboxylic acids is 1. The highest BCUT2D eigenvalue weighted by Gasteiger charge is 2.18. The molecule has 1 heterocycles. The average Bonchev–Trinajstić information content (AvgIpc) is 2.83. The van der Waals surface area contributed by atoms with Gasteiger partial charge in [0.05, 0.1) is 18.3 Å². The fraction of sp³-hybridized carbons (Fsp3) is 0.0800. The van der Waals surface area contributed by atoms with Crippen LogP contribution in [0.3, 0.4) is 0 Å². The quantitative estimate of drug-likeness (QED) is 0.392. The minimum Gasteiger partial charge on any atom is -0.497 e. The van der Waals surface area contributed by atoms with E-state index < -0.39 is 0 Å². The monoisotopic (exact) mass is 423 g/mol. The van der Waals surface area contributed by atoms with Gasteiger partial charge in [0.15, 0.2) is 5.82 Å². The Hall–Kier alpha value is -4.57. The van der Waals surface area contributed by atoms with Crippen molar-refractivity contribution in [2.24, 2.45) is 0 Å². The van der Waals surface area contributed by atoms with Gasteiger partial charge in [-0.25, -0.2) is 4.98 Å². The zero-order valence-corrected chi connectivity index (χ0v) is 17.4. The summed E-state index contributed by atoms with van der Waals surface area (Å²) in [6.45, 7) is 0.495. The lowest BCUT2D eigenvalue weighted by molar-refractivity contribution is 0.102. The van der Waals surface area contributed by atoms with Gasteiger partial charge in [0.25, 0.3) is 5.91 Å². The number of carbonyl (C=O) groups is 1. The van der Waals surface area contributed by atoms with E-state index in [0.29, 0.717) is 40.1 Å². The summed E-state index contributed by atoms with van der Waals surface area (Å²) in [6.07, 6.45) is 0. The standard InChI is InChI=1S/C25H21N5O2/c1-32-19-10-7-17(8-11-19)25(31)30-24-21(14-26)23(28-15-16-5-3-2-4-6-16)20-13-18(27)9-12-22(20)29-24/h2-13H,15,27H2,1H3,(H2,28,29,30,31). The summed E-state index contributed by atoms with van der Waals surface area (Å²) in [7, 11) is 1.56. The third kappa shape index (κ3) is 4.30. The number of pyridine rings is 1. The maximum atomic E-state index is 12.8. The van der Waals surface area contributed by atoms with Gasteiger partial charge in [-0.05, 0) is 48.0 Å². The van der Waals surface area contributed by atoms with Crippen molar-refractivity contribution in [3.63, 3.8) is 0 Å². The number of benzene rings is 3. The average molecular weight is 423 g/mol. The summed E-state index contributed by atoms with van der Waals surface area (Å²) in [4.78, 5) is 17.3. The van der Waals surface area contributed by atoms with Crippen molar-refractivity contribution < 1.29 is 9.53 Å². The van der Waals surface area contributed by atoms with E-state index in [0.717, 1.165) is 5.56 Å². The molecule has 4 aromatic rings. The molecule has 0 saturated heterocycles. The number of nitrogen functional groups attached to an aromatic ring is 1. The number of nitrogens with zero attached hydrogens (tertiary/aromatic N) is 2. The van der Waals surface area contributed by atoms with E-state index in [4.69, 9.17) is 10.5 Å². The lowest BCUT2D eigenvalue weighted by Gasteiger charge is -2.16. The SMILES string of the molecule is COc1ccc(C(=O)Nc2nc3ccc(N)cc3c(NCc3ccccc3)c2C#N)cc1. The number of hydrogen-bond acceptors (Lipinski definition) is 6. The molecule has 7 nitrogen and oxygen atoms in total. The van der Waals surface area contributed by atoms with Crippen LogP contribution in [-0.4, -0.2) is 18.0 Å². The number of anilines is 3. The van der Waals surface area contributed by atoms with Crippen molar-refractivity contribution in [1.29, 1.82) is 5.26 Å². The number of hydrogen-bond donors (Lipinski definition) is 3. The predicted molar refractivity (Wildman–Crippen MR) is 126 cm³/mol. The third-order valence-electron chi connectivity index (χ3n) is 5.02. The Labute approximate surface area is 185 Å².